The molecule has 1 aromatic heterocycles. The molecule has 0 unspecified atom stereocenters. The largest absolute Gasteiger partial charge is 0.460 e. The Morgan fingerprint density at radius 3 is 2.57 bits per heavy atom. The minimum absolute atomic E-state index is 0.0595. The van der Waals surface area contributed by atoms with E-state index in [0.29, 0.717) is 0 Å². The molecule has 0 fully saturated rings. The molecule has 0 bridgehead atoms. The fourth-order valence-corrected chi connectivity index (χ4v) is 1.39. The number of furan rings is 1. The van der Waals surface area contributed by atoms with Crippen molar-refractivity contribution in [1.82, 2.24) is 5.32 Å². The van der Waals surface area contributed by atoms with E-state index >= 15 is 0 Å². The molecular weight excluding hydrogens is 346 g/mol. The van der Waals surface area contributed by atoms with Gasteiger partial charge in [-0.3, -0.25) is 5.32 Å². The Morgan fingerprint density at radius 2 is 2.05 bits per heavy atom. The Labute approximate surface area is 135 Å². The molecule has 1 aromatic rings. The van der Waals surface area contributed by atoms with Gasteiger partial charge in [-0.05, 0) is 13.0 Å². The molecular formula is C11H11Cl3N2O5. The van der Waals surface area contributed by atoms with Gasteiger partial charge in [0.1, 0.15) is 0 Å². The summed E-state index contributed by atoms with van der Waals surface area (Å²) in [5, 5.41) is 2.14. The summed E-state index contributed by atoms with van der Waals surface area (Å²) in [6.45, 7) is 1.85. The molecule has 7 nitrogen and oxygen atoms in total. The fourth-order valence-electron chi connectivity index (χ4n) is 1.12. The minimum atomic E-state index is -2.02. The van der Waals surface area contributed by atoms with E-state index in [1.807, 2.05) is 0 Å². The van der Waals surface area contributed by atoms with E-state index in [0.717, 1.165) is 7.11 Å². The Bertz CT molecular complexity index is 550. The van der Waals surface area contributed by atoms with Crippen LogP contribution in [0.5, 0.6) is 0 Å². The number of rotatable bonds is 3. The molecule has 10 heteroatoms. The van der Waals surface area contributed by atoms with Crippen LogP contribution in [0.15, 0.2) is 21.5 Å². The second-order valence-electron chi connectivity index (χ2n) is 3.43. The second kappa shape index (κ2) is 7.53. The van der Waals surface area contributed by atoms with Gasteiger partial charge in [0.15, 0.2) is 5.84 Å². The van der Waals surface area contributed by atoms with Crippen molar-refractivity contribution in [2.24, 2.45) is 4.99 Å². The number of carbonyl (C=O) groups is 2. The topological polar surface area (TPSA) is 90.1 Å². The smallest absolute Gasteiger partial charge is 0.412 e. The van der Waals surface area contributed by atoms with Crippen molar-refractivity contribution in [1.29, 1.82) is 0 Å². The standard InChI is InChI=1S/C11H11Cl3N2O5/c1-3-20-8(17)6-4-5-7(21-6)15-9(11(12,13)14)16-10(18)19-2/h4-5H,3H2,1-2H3,(H,15,16,18). The van der Waals surface area contributed by atoms with E-state index in [1.54, 1.807) is 6.92 Å². The summed E-state index contributed by atoms with van der Waals surface area (Å²) in [6.07, 6.45) is -0.878. The fraction of sp³-hybridized carbons (Fsp3) is 0.364. The quantitative estimate of drug-likeness (QED) is 0.388. The van der Waals surface area contributed by atoms with Gasteiger partial charge in [-0.2, -0.15) is 4.99 Å². The third kappa shape index (κ3) is 5.45. The average Bonchev–Trinajstić information content (AvgIpc) is 2.85. The third-order valence-corrected chi connectivity index (χ3v) is 2.50. The highest BCUT2D eigenvalue weighted by Crippen LogP contribution is 2.29. The van der Waals surface area contributed by atoms with Crippen LogP contribution in [0.3, 0.4) is 0 Å². The number of carbonyl (C=O) groups excluding carboxylic acids is 2. The number of amidine groups is 1. The predicted octanol–water partition coefficient (Wildman–Crippen LogP) is 3.21. The first kappa shape index (κ1) is 17.6. The summed E-state index contributed by atoms with van der Waals surface area (Å²) >= 11 is 17.0. The maximum absolute atomic E-state index is 11.4. The molecule has 1 rings (SSSR count). The Hall–Kier alpha value is -1.44. The number of amides is 1. The first-order chi connectivity index (χ1) is 9.77. The first-order valence-electron chi connectivity index (χ1n) is 5.55. The second-order valence-corrected chi connectivity index (χ2v) is 5.71. The van der Waals surface area contributed by atoms with Crippen molar-refractivity contribution in [2.75, 3.05) is 13.7 Å². The molecule has 0 aromatic carbocycles. The summed E-state index contributed by atoms with van der Waals surface area (Å²) in [5.74, 6) is -1.13. The van der Waals surface area contributed by atoms with Gasteiger partial charge in [-0.15, -0.1) is 0 Å². The molecule has 1 amide bonds. The number of alkyl carbamates (subject to hydrolysis) is 1. The van der Waals surface area contributed by atoms with Crippen molar-refractivity contribution in [3.05, 3.63) is 17.9 Å². The molecule has 0 atom stereocenters. The minimum Gasteiger partial charge on any atom is -0.460 e. The Kier molecular flexibility index (Phi) is 6.32. The number of nitrogens with zero attached hydrogens (tertiary/aromatic N) is 1. The number of alkyl halides is 3. The Morgan fingerprint density at radius 1 is 1.38 bits per heavy atom. The van der Waals surface area contributed by atoms with Gasteiger partial charge in [-0.1, -0.05) is 34.8 Å². The van der Waals surface area contributed by atoms with Gasteiger partial charge in [0, 0.05) is 6.07 Å². The number of hydrogen-bond donors (Lipinski definition) is 1. The van der Waals surface area contributed by atoms with Crippen LogP contribution in [0.4, 0.5) is 10.7 Å². The number of methoxy groups -OCH3 is 1. The number of ether oxygens (including phenoxy) is 2. The van der Waals surface area contributed by atoms with Crippen molar-refractivity contribution < 1.29 is 23.5 Å². The van der Waals surface area contributed by atoms with Crippen LogP contribution in [0.1, 0.15) is 17.5 Å². The molecule has 0 saturated carbocycles. The van der Waals surface area contributed by atoms with Crippen LogP contribution in [0, 0.1) is 0 Å². The SMILES string of the molecule is CCOC(=O)c1ccc(/N=C(/NC(=O)OC)C(Cl)(Cl)Cl)o1. The summed E-state index contributed by atoms with van der Waals surface area (Å²) in [7, 11) is 1.14. The van der Waals surface area contributed by atoms with Crippen LogP contribution in [-0.2, 0) is 9.47 Å². The van der Waals surface area contributed by atoms with Crippen molar-refractivity contribution in [3.63, 3.8) is 0 Å². The maximum atomic E-state index is 11.4. The van der Waals surface area contributed by atoms with Crippen LogP contribution >= 0.6 is 34.8 Å². The number of nitrogens with one attached hydrogen (secondary N) is 1. The highest BCUT2D eigenvalue weighted by Gasteiger charge is 2.30. The molecule has 0 aliphatic carbocycles. The van der Waals surface area contributed by atoms with E-state index in [-0.39, 0.29) is 24.1 Å². The van der Waals surface area contributed by atoms with Gasteiger partial charge in [0.25, 0.3) is 0 Å². The summed E-state index contributed by atoms with van der Waals surface area (Å²) in [5.41, 5.74) is 0. The highest BCUT2D eigenvalue weighted by molar-refractivity contribution is 6.77. The predicted molar refractivity (Wildman–Crippen MR) is 77.6 cm³/mol. The molecule has 0 spiro atoms. The molecule has 1 N–H and O–H groups in total. The zero-order chi connectivity index (χ0) is 16.0. The van der Waals surface area contributed by atoms with Gasteiger partial charge >= 0.3 is 12.1 Å². The lowest BCUT2D eigenvalue weighted by Crippen LogP contribution is -2.38. The summed E-state index contributed by atoms with van der Waals surface area (Å²) < 4.78 is 12.2. The number of hydrogen-bond acceptors (Lipinski definition) is 6. The van der Waals surface area contributed by atoms with Gasteiger partial charge in [-0.25, -0.2) is 9.59 Å². The Balaban J connectivity index is 3.00. The normalized spacial score (nSPS) is 12.0. The maximum Gasteiger partial charge on any atom is 0.412 e. The summed E-state index contributed by atoms with van der Waals surface area (Å²) in [6, 6.07) is 2.69. The van der Waals surface area contributed by atoms with Crippen LogP contribution in [0.2, 0.25) is 0 Å². The van der Waals surface area contributed by atoms with E-state index in [1.165, 1.54) is 12.1 Å². The van der Waals surface area contributed by atoms with E-state index in [4.69, 9.17) is 44.0 Å². The molecule has 0 aliphatic heterocycles. The van der Waals surface area contributed by atoms with E-state index < -0.39 is 15.9 Å². The van der Waals surface area contributed by atoms with Crippen LogP contribution in [-0.4, -0.2) is 35.4 Å². The molecule has 1 heterocycles. The highest BCUT2D eigenvalue weighted by atomic mass is 35.6. The first-order valence-corrected chi connectivity index (χ1v) is 6.69. The zero-order valence-corrected chi connectivity index (χ0v) is 13.3. The van der Waals surface area contributed by atoms with Gasteiger partial charge < -0.3 is 13.9 Å². The van der Waals surface area contributed by atoms with Gasteiger partial charge in [0.05, 0.1) is 13.7 Å². The monoisotopic (exact) mass is 356 g/mol. The molecule has 21 heavy (non-hydrogen) atoms. The third-order valence-electron chi connectivity index (χ3n) is 1.96. The van der Waals surface area contributed by atoms with E-state index in [9.17, 15) is 9.59 Å². The number of esters is 1. The molecule has 0 saturated heterocycles. The van der Waals surface area contributed by atoms with E-state index in [2.05, 4.69) is 15.0 Å². The lowest BCUT2D eigenvalue weighted by Gasteiger charge is -2.14. The lowest BCUT2D eigenvalue weighted by atomic mass is 10.4. The van der Waals surface area contributed by atoms with Crippen LogP contribution < -0.4 is 5.32 Å². The molecule has 0 aliphatic rings. The average molecular weight is 358 g/mol. The van der Waals surface area contributed by atoms with Crippen LogP contribution in [0.25, 0.3) is 0 Å². The molecule has 0 radical (unpaired) electrons. The van der Waals surface area contributed by atoms with Crippen molar-refractivity contribution in [2.45, 2.75) is 10.7 Å². The number of halogens is 3. The zero-order valence-electron chi connectivity index (χ0n) is 11.0. The summed E-state index contributed by atoms with van der Waals surface area (Å²) in [4.78, 5) is 26.4. The molecule has 116 valence electrons. The van der Waals surface area contributed by atoms with Crippen molar-refractivity contribution >= 4 is 58.6 Å². The lowest BCUT2D eigenvalue weighted by molar-refractivity contribution is 0.0491. The number of aliphatic imine (C=N–C) groups is 1. The van der Waals surface area contributed by atoms with Gasteiger partial charge in [0.2, 0.25) is 15.4 Å². The van der Waals surface area contributed by atoms with Crippen molar-refractivity contribution in [3.8, 4) is 0 Å².